The Morgan fingerprint density at radius 1 is 0.862 bits per heavy atom. The van der Waals surface area contributed by atoms with Crippen LogP contribution in [-0.4, -0.2) is 47.8 Å². The molecule has 0 spiro atoms. The van der Waals surface area contributed by atoms with Crippen molar-refractivity contribution in [3.63, 3.8) is 0 Å². The maximum atomic E-state index is 13.9. The Morgan fingerprint density at radius 3 is 2.00 bits per heavy atom. The lowest BCUT2D eigenvalue weighted by molar-refractivity contribution is -0.137. The minimum atomic E-state index is -4.47. The van der Waals surface area contributed by atoms with Gasteiger partial charge < -0.3 is 9.80 Å². The highest BCUT2D eigenvalue weighted by atomic mass is 19.4. The van der Waals surface area contributed by atoms with Crippen molar-refractivity contribution in [1.82, 2.24) is 9.80 Å². The lowest BCUT2D eigenvalue weighted by Crippen LogP contribution is -2.37. The topological polar surface area (TPSA) is 40.6 Å². The van der Waals surface area contributed by atoms with Gasteiger partial charge in [0.05, 0.1) is 11.1 Å². The van der Waals surface area contributed by atoms with E-state index in [0.717, 1.165) is 12.1 Å². The van der Waals surface area contributed by atoms with Gasteiger partial charge in [0.15, 0.2) is 0 Å². The number of hydrogen-bond donors (Lipinski definition) is 0. The van der Waals surface area contributed by atoms with Gasteiger partial charge in [-0.25, -0.2) is 4.39 Å². The van der Waals surface area contributed by atoms with Crippen molar-refractivity contribution < 1.29 is 27.2 Å². The fourth-order valence-corrected chi connectivity index (χ4v) is 3.38. The number of carbonyl (C=O) groups is 2. The van der Waals surface area contributed by atoms with E-state index in [9.17, 15) is 27.2 Å². The Morgan fingerprint density at radius 2 is 1.45 bits per heavy atom. The van der Waals surface area contributed by atoms with Crippen LogP contribution in [0.5, 0.6) is 0 Å². The summed E-state index contributed by atoms with van der Waals surface area (Å²) in [4.78, 5) is 28.4. The number of hydrogen-bond acceptors (Lipinski definition) is 2. The first-order chi connectivity index (χ1) is 13.7. The normalized spacial score (nSPS) is 15.2. The molecule has 1 heterocycles. The fourth-order valence-electron chi connectivity index (χ4n) is 3.38. The molecular formula is C21H20F4N2O2. The van der Waals surface area contributed by atoms with E-state index in [0.29, 0.717) is 19.5 Å². The van der Waals surface area contributed by atoms with E-state index in [1.54, 1.807) is 6.07 Å². The molecule has 4 nitrogen and oxygen atoms in total. The minimum Gasteiger partial charge on any atom is -0.337 e. The lowest BCUT2D eigenvalue weighted by Gasteiger charge is -2.23. The monoisotopic (exact) mass is 408 g/mol. The summed E-state index contributed by atoms with van der Waals surface area (Å²) in [6.45, 7) is 2.63. The largest absolute Gasteiger partial charge is 0.416 e. The summed E-state index contributed by atoms with van der Waals surface area (Å²) in [6.07, 6.45) is -3.98. The molecule has 8 heteroatoms. The second-order valence-electron chi connectivity index (χ2n) is 6.95. The van der Waals surface area contributed by atoms with Crippen LogP contribution in [-0.2, 0) is 6.18 Å². The highest BCUT2D eigenvalue weighted by Gasteiger charge is 2.32. The number of benzene rings is 2. The summed E-state index contributed by atoms with van der Waals surface area (Å²) in [7, 11) is 0. The van der Waals surface area contributed by atoms with Crippen LogP contribution in [0.4, 0.5) is 17.6 Å². The van der Waals surface area contributed by atoms with E-state index in [1.165, 1.54) is 41.0 Å². The quantitative estimate of drug-likeness (QED) is 0.701. The van der Waals surface area contributed by atoms with Crippen LogP contribution >= 0.6 is 0 Å². The summed E-state index contributed by atoms with van der Waals surface area (Å²) >= 11 is 0. The molecule has 1 aliphatic rings. The van der Waals surface area contributed by atoms with Gasteiger partial charge in [-0.2, -0.15) is 13.2 Å². The molecule has 0 aromatic heterocycles. The smallest absolute Gasteiger partial charge is 0.337 e. The molecule has 1 fully saturated rings. The SMILES string of the molecule is Cc1cc(C(F)(F)F)ccc1C(=O)N1CCCN(C(=O)c2ccccc2F)CC1. The average Bonchev–Trinajstić information content (AvgIpc) is 2.93. The van der Waals surface area contributed by atoms with Crippen molar-refractivity contribution in [1.29, 1.82) is 0 Å². The van der Waals surface area contributed by atoms with Gasteiger partial charge in [-0.1, -0.05) is 12.1 Å². The van der Waals surface area contributed by atoms with E-state index in [2.05, 4.69) is 0 Å². The number of nitrogens with zero attached hydrogens (tertiary/aromatic N) is 2. The predicted octanol–water partition coefficient (Wildman–Crippen LogP) is 4.14. The molecule has 0 atom stereocenters. The average molecular weight is 408 g/mol. The van der Waals surface area contributed by atoms with Gasteiger partial charge in [-0.15, -0.1) is 0 Å². The number of halogens is 4. The first kappa shape index (κ1) is 20.8. The minimum absolute atomic E-state index is 0.0224. The Labute approximate surface area is 165 Å². The molecule has 1 aliphatic heterocycles. The summed E-state index contributed by atoms with van der Waals surface area (Å²) in [6, 6.07) is 8.75. The summed E-state index contributed by atoms with van der Waals surface area (Å²) in [5.41, 5.74) is -0.379. The van der Waals surface area contributed by atoms with Gasteiger partial charge in [0.25, 0.3) is 11.8 Å². The number of rotatable bonds is 2. The zero-order chi connectivity index (χ0) is 21.2. The van der Waals surface area contributed by atoms with Gasteiger partial charge >= 0.3 is 6.18 Å². The third-order valence-corrected chi connectivity index (χ3v) is 4.96. The standard InChI is InChI=1S/C21H20F4N2O2/c1-14-13-15(21(23,24)25)7-8-16(14)19(28)26-9-4-10-27(12-11-26)20(29)17-5-2-3-6-18(17)22/h2-3,5-8,13H,4,9-12H2,1H3. The highest BCUT2D eigenvalue weighted by Crippen LogP contribution is 2.30. The van der Waals surface area contributed by atoms with Crippen molar-refractivity contribution in [2.45, 2.75) is 19.5 Å². The Balaban J connectivity index is 1.72. The molecule has 0 bridgehead atoms. The zero-order valence-corrected chi connectivity index (χ0v) is 15.8. The van der Waals surface area contributed by atoms with Crippen LogP contribution in [0.1, 0.15) is 38.3 Å². The fraction of sp³-hybridized carbons (Fsp3) is 0.333. The van der Waals surface area contributed by atoms with Crippen LogP contribution in [0.2, 0.25) is 0 Å². The molecule has 0 unspecified atom stereocenters. The molecule has 1 saturated heterocycles. The first-order valence-corrected chi connectivity index (χ1v) is 9.19. The summed E-state index contributed by atoms with van der Waals surface area (Å²) in [5, 5.41) is 0. The Bertz CT molecular complexity index is 927. The van der Waals surface area contributed by atoms with Gasteiger partial charge in [0, 0.05) is 31.7 Å². The molecule has 2 amide bonds. The van der Waals surface area contributed by atoms with E-state index in [1.807, 2.05) is 0 Å². The van der Waals surface area contributed by atoms with Crippen molar-refractivity contribution >= 4 is 11.8 Å². The molecular weight excluding hydrogens is 388 g/mol. The molecule has 0 N–H and O–H groups in total. The first-order valence-electron chi connectivity index (χ1n) is 9.19. The van der Waals surface area contributed by atoms with Crippen molar-refractivity contribution in [3.8, 4) is 0 Å². The third-order valence-electron chi connectivity index (χ3n) is 4.96. The predicted molar refractivity (Wildman–Crippen MR) is 99.0 cm³/mol. The summed E-state index contributed by atoms with van der Waals surface area (Å²) in [5.74, 6) is -1.42. The van der Waals surface area contributed by atoms with Crippen LogP contribution in [0.15, 0.2) is 42.5 Å². The molecule has 3 rings (SSSR count). The maximum Gasteiger partial charge on any atom is 0.416 e. The molecule has 2 aromatic rings. The summed E-state index contributed by atoms with van der Waals surface area (Å²) < 4.78 is 52.4. The Hall–Kier alpha value is -2.90. The van der Waals surface area contributed by atoms with Gasteiger partial charge in [-0.05, 0) is 49.2 Å². The van der Waals surface area contributed by atoms with E-state index >= 15 is 0 Å². The van der Waals surface area contributed by atoms with Crippen LogP contribution in [0.3, 0.4) is 0 Å². The molecule has 154 valence electrons. The molecule has 2 aromatic carbocycles. The molecule has 0 radical (unpaired) electrons. The maximum absolute atomic E-state index is 13.9. The van der Waals surface area contributed by atoms with E-state index in [4.69, 9.17) is 0 Å². The highest BCUT2D eigenvalue weighted by molar-refractivity contribution is 5.96. The second kappa shape index (κ2) is 8.23. The van der Waals surface area contributed by atoms with Gasteiger partial charge in [0.1, 0.15) is 5.82 Å². The van der Waals surface area contributed by atoms with Crippen LogP contribution in [0.25, 0.3) is 0 Å². The lowest BCUT2D eigenvalue weighted by atomic mass is 10.0. The number of amides is 2. The second-order valence-corrected chi connectivity index (χ2v) is 6.95. The number of carbonyl (C=O) groups excluding carboxylic acids is 2. The van der Waals surface area contributed by atoms with E-state index in [-0.39, 0.29) is 35.7 Å². The third kappa shape index (κ3) is 4.58. The van der Waals surface area contributed by atoms with Gasteiger partial charge in [-0.3, -0.25) is 9.59 Å². The number of alkyl halides is 3. The van der Waals surface area contributed by atoms with Crippen LogP contribution < -0.4 is 0 Å². The van der Waals surface area contributed by atoms with Crippen molar-refractivity contribution in [3.05, 3.63) is 70.5 Å². The van der Waals surface area contributed by atoms with E-state index < -0.39 is 23.5 Å². The number of aryl methyl sites for hydroxylation is 1. The Kier molecular flexibility index (Phi) is 5.91. The molecule has 0 aliphatic carbocycles. The molecule has 29 heavy (non-hydrogen) atoms. The molecule has 0 saturated carbocycles. The van der Waals surface area contributed by atoms with Crippen molar-refractivity contribution in [2.24, 2.45) is 0 Å². The van der Waals surface area contributed by atoms with Gasteiger partial charge in [0.2, 0.25) is 0 Å². The zero-order valence-electron chi connectivity index (χ0n) is 15.8. The van der Waals surface area contributed by atoms with Crippen molar-refractivity contribution in [2.75, 3.05) is 26.2 Å². The van der Waals surface area contributed by atoms with Crippen LogP contribution in [0, 0.1) is 12.7 Å².